The minimum Gasteiger partial charge on any atom is -0.480 e. The molecule has 0 heterocycles. The first kappa shape index (κ1) is 17.1. The van der Waals surface area contributed by atoms with Gasteiger partial charge in [0.25, 0.3) is 0 Å². The standard InChI is InChI=1S/C12H15BrFNO4S/c1-3-4-10(12(16)17)15-20(18,19)11-6-8(13)9(14)5-7(11)2/h5-6,10,15H,3-4H2,1-2H3,(H,16,17). The van der Waals surface area contributed by atoms with Crippen LogP contribution in [0.3, 0.4) is 0 Å². The fourth-order valence-corrected chi connectivity index (χ4v) is 3.66. The molecule has 0 saturated heterocycles. The van der Waals surface area contributed by atoms with Crippen molar-refractivity contribution in [3.63, 3.8) is 0 Å². The van der Waals surface area contributed by atoms with Gasteiger partial charge in [-0.05, 0) is 47.0 Å². The highest BCUT2D eigenvalue weighted by Crippen LogP contribution is 2.24. The number of carboxylic acids is 1. The molecular formula is C12H15BrFNO4S. The second-order valence-corrected chi connectivity index (χ2v) is 6.87. The van der Waals surface area contributed by atoms with Gasteiger partial charge in [0.1, 0.15) is 11.9 Å². The number of benzene rings is 1. The maximum Gasteiger partial charge on any atom is 0.321 e. The maximum atomic E-state index is 13.3. The summed E-state index contributed by atoms with van der Waals surface area (Å²) < 4.78 is 39.8. The number of hydrogen-bond donors (Lipinski definition) is 2. The number of sulfonamides is 1. The molecule has 0 saturated carbocycles. The van der Waals surface area contributed by atoms with Crippen LogP contribution >= 0.6 is 15.9 Å². The Bertz CT molecular complexity index is 618. The van der Waals surface area contributed by atoms with Gasteiger partial charge in [-0.3, -0.25) is 4.79 Å². The Morgan fingerprint density at radius 3 is 2.60 bits per heavy atom. The van der Waals surface area contributed by atoms with Crippen LogP contribution in [0, 0.1) is 12.7 Å². The average molecular weight is 368 g/mol. The first-order valence-corrected chi connectivity index (χ1v) is 8.17. The monoisotopic (exact) mass is 367 g/mol. The number of nitrogens with one attached hydrogen (secondary N) is 1. The molecule has 2 N–H and O–H groups in total. The van der Waals surface area contributed by atoms with Gasteiger partial charge in [-0.2, -0.15) is 4.72 Å². The van der Waals surface area contributed by atoms with Crippen molar-refractivity contribution >= 4 is 31.9 Å². The lowest BCUT2D eigenvalue weighted by Gasteiger charge is -2.15. The molecular weight excluding hydrogens is 353 g/mol. The summed E-state index contributed by atoms with van der Waals surface area (Å²) in [5, 5.41) is 8.99. The van der Waals surface area contributed by atoms with E-state index in [-0.39, 0.29) is 21.4 Å². The fourth-order valence-electron chi connectivity index (χ4n) is 1.69. The van der Waals surface area contributed by atoms with Gasteiger partial charge >= 0.3 is 5.97 Å². The highest BCUT2D eigenvalue weighted by molar-refractivity contribution is 9.10. The Hall–Kier alpha value is -0.990. The van der Waals surface area contributed by atoms with E-state index in [9.17, 15) is 17.6 Å². The summed E-state index contributed by atoms with van der Waals surface area (Å²) in [5.41, 5.74) is 0.207. The van der Waals surface area contributed by atoms with Crippen LogP contribution in [0.2, 0.25) is 0 Å². The number of carboxylic acid groups (broad SMARTS) is 1. The topological polar surface area (TPSA) is 83.5 Å². The van der Waals surface area contributed by atoms with Crippen LogP contribution in [0.1, 0.15) is 25.3 Å². The van der Waals surface area contributed by atoms with Gasteiger partial charge in [0.2, 0.25) is 10.0 Å². The minimum absolute atomic E-state index is 0.00541. The smallest absolute Gasteiger partial charge is 0.321 e. The molecule has 1 aromatic carbocycles. The molecule has 1 unspecified atom stereocenters. The van der Waals surface area contributed by atoms with Crippen molar-refractivity contribution in [2.24, 2.45) is 0 Å². The van der Waals surface area contributed by atoms with Gasteiger partial charge in [0.15, 0.2) is 0 Å². The van der Waals surface area contributed by atoms with E-state index in [1.165, 1.54) is 6.92 Å². The number of hydrogen-bond acceptors (Lipinski definition) is 3. The first-order valence-electron chi connectivity index (χ1n) is 5.89. The molecule has 0 radical (unpaired) electrons. The molecule has 1 aromatic rings. The lowest BCUT2D eigenvalue weighted by Crippen LogP contribution is -2.40. The number of aliphatic carboxylic acids is 1. The number of aryl methyl sites for hydroxylation is 1. The lowest BCUT2D eigenvalue weighted by atomic mass is 10.2. The molecule has 0 aliphatic heterocycles. The molecule has 0 aliphatic carbocycles. The fraction of sp³-hybridized carbons (Fsp3) is 0.417. The van der Waals surface area contributed by atoms with E-state index < -0.39 is 27.9 Å². The average Bonchev–Trinajstić information content (AvgIpc) is 2.32. The molecule has 5 nitrogen and oxygen atoms in total. The van der Waals surface area contributed by atoms with E-state index in [4.69, 9.17) is 5.11 Å². The van der Waals surface area contributed by atoms with Crippen LogP contribution < -0.4 is 4.72 Å². The second kappa shape index (κ2) is 6.64. The van der Waals surface area contributed by atoms with E-state index in [1.54, 1.807) is 6.92 Å². The molecule has 1 rings (SSSR count). The molecule has 0 aromatic heterocycles. The van der Waals surface area contributed by atoms with Crippen molar-refractivity contribution in [1.29, 1.82) is 0 Å². The van der Waals surface area contributed by atoms with Crippen LogP contribution in [0.5, 0.6) is 0 Å². The zero-order valence-electron chi connectivity index (χ0n) is 11.0. The third-order valence-electron chi connectivity index (χ3n) is 2.68. The molecule has 112 valence electrons. The zero-order chi connectivity index (χ0) is 15.5. The molecule has 0 amide bonds. The van der Waals surface area contributed by atoms with Gasteiger partial charge in [-0.15, -0.1) is 0 Å². The summed E-state index contributed by atoms with van der Waals surface area (Å²) in [7, 11) is -4.02. The summed E-state index contributed by atoms with van der Waals surface area (Å²) in [6.07, 6.45) is 0.696. The SMILES string of the molecule is CCCC(NS(=O)(=O)c1cc(Br)c(F)cc1C)C(=O)O. The van der Waals surface area contributed by atoms with E-state index in [0.29, 0.717) is 6.42 Å². The highest BCUT2D eigenvalue weighted by Gasteiger charge is 2.26. The minimum atomic E-state index is -4.02. The molecule has 0 spiro atoms. The van der Waals surface area contributed by atoms with E-state index in [2.05, 4.69) is 20.7 Å². The van der Waals surface area contributed by atoms with Crippen molar-refractivity contribution < 1.29 is 22.7 Å². The van der Waals surface area contributed by atoms with Gasteiger partial charge in [0, 0.05) is 0 Å². The van der Waals surface area contributed by atoms with Crippen LogP contribution in [0.15, 0.2) is 21.5 Å². The summed E-state index contributed by atoms with van der Waals surface area (Å²) in [5.74, 6) is -1.82. The lowest BCUT2D eigenvalue weighted by molar-refractivity contribution is -0.139. The van der Waals surface area contributed by atoms with E-state index in [1.807, 2.05) is 0 Å². The van der Waals surface area contributed by atoms with Crippen LogP contribution in [0.4, 0.5) is 4.39 Å². The van der Waals surface area contributed by atoms with Crippen molar-refractivity contribution in [3.8, 4) is 0 Å². The van der Waals surface area contributed by atoms with E-state index in [0.717, 1.165) is 12.1 Å². The van der Waals surface area contributed by atoms with Gasteiger partial charge in [0.05, 0.1) is 9.37 Å². The number of halogens is 2. The van der Waals surface area contributed by atoms with Crippen LogP contribution in [-0.2, 0) is 14.8 Å². The van der Waals surface area contributed by atoms with Crippen molar-refractivity contribution in [3.05, 3.63) is 28.0 Å². The Labute approximate surface area is 125 Å². The van der Waals surface area contributed by atoms with Crippen LogP contribution in [-0.4, -0.2) is 25.5 Å². The zero-order valence-corrected chi connectivity index (χ0v) is 13.4. The molecule has 1 atom stereocenters. The van der Waals surface area contributed by atoms with Crippen molar-refractivity contribution in [2.75, 3.05) is 0 Å². The Balaban J connectivity index is 3.17. The highest BCUT2D eigenvalue weighted by atomic mass is 79.9. The molecule has 20 heavy (non-hydrogen) atoms. The molecule has 0 bridgehead atoms. The van der Waals surface area contributed by atoms with Crippen molar-refractivity contribution in [2.45, 2.75) is 37.6 Å². The third-order valence-corrected chi connectivity index (χ3v) is 4.90. The molecule has 0 fully saturated rings. The second-order valence-electron chi connectivity index (χ2n) is 4.33. The van der Waals surface area contributed by atoms with Crippen LogP contribution in [0.25, 0.3) is 0 Å². The Morgan fingerprint density at radius 2 is 2.10 bits per heavy atom. The summed E-state index contributed by atoms with van der Waals surface area (Å²) in [4.78, 5) is 10.9. The van der Waals surface area contributed by atoms with Gasteiger partial charge in [-0.25, -0.2) is 12.8 Å². The Kier molecular flexibility index (Phi) is 5.67. The first-order chi connectivity index (χ1) is 9.19. The van der Waals surface area contributed by atoms with E-state index >= 15 is 0 Å². The summed E-state index contributed by atoms with van der Waals surface area (Å²) >= 11 is 2.92. The Morgan fingerprint density at radius 1 is 1.50 bits per heavy atom. The third kappa shape index (κ3) is 4.00. The maximum absolute atomic E-state index is 13.3. The summed E-state index contributed by atoms with van der Waals surface area (Å²) in [6, 6.07) is 1.000. The predicted molar refractivity (Wildman–Crippen MR) is 75.5 cm³/mol. The molecule has 0 aliphatic rings. The number of rotatable bonds is 6. The predicted octanol–water partition coefficient (Wildman–Crippen LogP) is 2.43. The van der Waals surface area contributed by atoms with Gasteiger partial charge in [-0.1, -0.05) is 13.3 Å². The van der Waals surface area contributed by atoms with Gasteiger partial charge < -0.3 is 5.11 Å². The summed E-state index contributed by atoms with van der Waals surface area (Å²) in [6.45, 7) is 3.20. The number of carbonyl (C=O) groups is 1. The van der Waals surface area contributed by atoms with Crippen molar-refractivity contribution in [1.82, 2.24) is 4.72 Å². The normalized spacial score (nSPS) is 13.2. The largest absolute Gasteiger partial charge is 0.480 e. The quantitative estimate of drug-likeness (QED) is 0.808. The molecule has 8 heteroatoms.